The molecule has 0 radical (unpaired) electrons. The first-order valence-corrected chi connectivity index (χ1v) is 10.7. The van der Waals surface area contributed by atoms with E-state index in [1.165, 1.54) is 4.90 Å². The van der Waals surface area contributed by atoms with Gasteiger partial charge in [-0.1, -0.05) is 24.0 Å². The molecule has 9 heteroatoms. The van der Waals surface area contributed by atoms with Crippen molar-refractivity contribution in [3.05, 3.63) is 83.9 Å². The van der Waals surface area contributed by atoms with Gasteiger partial charge in [0.2, 0.25) is 0 Å². The zero-order valence-electron chi connectivity index (χ0n) is 18.1. The standard InChI is InChI=1S/C25H20N6O3/c32-24(29-13-15-30(16-14-29)25(33)34)20-5-3-19(4-6-20)22-9-12-31-23(28-22)21(17-27-31)2-1-18-7-10-26-11-8-18/h3-12,17H,13-16H2,(H,33,34). The van der Waals surface area contributed by atoms with Gasteiger partial charge in [0.15, 0.2) is 5.65 Å². The Morgan fingerprint density at radius 1 is 0.882 bits per heavy atom. The van der Waals surface area contributed by atoms with Crippen molar-refractivity contribution in [3.63, 3.8) is 0 Å². The van der Waals surface area contributed by atoms with E-state index < -0.39 is 6.09 Å². The van der Waals surface area contributed by atoms with Gasteiger partial charge >= 0.3 is 6.09 Å². The minimum Gasteiger partial charge on any atom is -0.465 e. The molecule has 0 bridgehead atoms. The molecule has 1 aromatic carbocycles. The van der Waals surface area contributed by atoms with E-state index in [9.17, 15) is 9.59 Å². The maximum atomic E-state index is 12.8. The molecule has 4 aromatic rings. The lowest BCUT2D eigenvalue weighted by Crippen LogP contribution is -2.50. The topological polar surface area (TPSA) is 104 Å². The molecule has 5 rings (SSSR count). The van der Waals surface area contributed by atoms with Gasteiger partial charge in [-0.05, 0) is 30.3 Å². The summed E-state index contributed by atoms with van der Waals surface area (Å²) in [6.45, 7) is 1.41. The summed E-state index contributed by atoms with van der Waals surface area (Å²) in [4.78, 5) is 35.6. The number of carboxylic acid groups (broad SMARTS) is 1. The van der Waals surface area contributed by atoms with Crippen molar-refractivity contribution < 1.29 is 14.7 Å². The van der Waals surface area contributed by atoms with Crippen LogP contribution in [0.15, 0.2) is 67.3 Å². The third kappa shape index (κ3) is 4.29. The van der Waals surface area contributed by atoms with Gasteiger partial charge in [0, 0.05) is 61.5 Å². The number of amides is 2. The van der Waals surface area contributed by atoms with Crippen LogP contribution in [0.2, 0.25) is 0 Å². The Morgan fingerprint density at radius 2 is 1.59 bits per heavy atom. The maximum absolute atomic E-state index is 12.8. The number of rotatable bonds is 2. The summed E-state index contributed by atoms with van der Waals surface area (Å²) in [7, 11) is 0. The van der Waals surface area contributed by atoms with Gasteiger partial charge < -0.3 is 14.9 Å². The summed E-state index contributed by atoms with van der Waals surface area (Å²) in [5.74, 6) is 6.11. The van der Waals surface area contributed by atoms with E-state index >= 15 is 0 Å². The van der Waals surface area contributed by atoms with Gasteiger partial charge in [0.1, 0.15) is 0 Å². The molecule has 3 aromatic heterocycles. The molecule has 1 aliphatic rings. The summed E-state index contributed by atoms with van der Waals surface area (Å²) in [6.07, 6.45) is 5.95. The number of nitrogens with zero attached hydrogens (tertiary/aromatic N) is 6. The van der Waals surface area contributed by atoms with E-state index in [4.69, 9.17) is 10.1 Å². The van der Waals surface area contributed by atoms with Crippen LogP contribution in [0.5, 0.6) is 0 Å². The summed E-state index contributed by atoms with van der Waals surface area (Å²) < 4.78 is 1.68. The SMILES string of the molecule is O=C(O)N1CCN(C(=O)c2ccc(-c3ccn4ncc(C#Cc5ccncc5)c4n3)cc2)CC1. The van der Waals surface area contributed by atoms with Gasteiger partial charge in [0.25, 0.3) is 5.91 Å². The van der Waals surface area contributed by atoms with Crippen LogP contribution in [-0.2, 0) is 0 Å². The molecular formula is C25H20N6O3. The van der Waals surface area contributed by atoms with Crippen molar-refractivity contribution in [1.29, 1.82) is 0 Å². The largest absolute Gasteiger partial charge is 0.465 e. The maximum Gasteiger partial charge on any atom is 0.407 e. The Morgan fingerprint density at radius 3 is 2.29 bits per heavy atom. The van der Waals surface area contributed by atoms with Crippen molar-refractivity contribution >= 4 is 17.6 Å². The molecule has 2 amide bonds. The summed E-state index contributed by atoms with van der Waals surface area (Å²) >= 11 is 0. The monoisotopic (exact) mass is 452 g/mol. The fourth-order valence-corrected chi connectivity index (χ4v) is 3.76. The first-order valence-electron chi connectivity index (χ1n) is 10.7. The normalized spacial score (nSPS) is 13.4. The number of hydrogen-bond donors (Lipinski definition) is 1. The third-order valence-corrected chi connectivity index (χ3v) is 5.66. The Balaban J connectivity index is 1.35. The van der Waals surface area contributed by atoms with Crippen LogP contribution < -0.4 is 0 Å². The molecular weight excluding hydrogens is 432 g/mol. The number of pyridine rings is 1. The van der Waals surface area contributed by atoms with Crippen LogP contribution >= 0.6 is 0 Å². The number of carbonyl (C=O) groups is 2. The molecule has 1 aliphatic heterocycles. The van der Waals surface area contributed by atoms with Crippen LogP contribution in [0.3, 0.4) is 0 Å². The molecule has 34 heavy (non-hydrogen) atoms. The minimum atomic E-state index is -0.953. The van der Waals surface area contributed by atoms with Crippen LogP contribution in [0, 0.1) is 11.8 Å². The first-order chi connectivity index (χ1) is 16.6. The fraction of sp³-hybridized carbons (Fsp3) is 0.160. The number of fused-ring (bicyclic) bond motifs is 1. The molecule has 1 fully saturated rings. The summed E-state index contributed by atoms with van der Waals surface area (Å²) in [6, 6.07) is 12.8. The van der Waals surface area contributed by atoms with E-state index in [1.807, 2.05) is 36.5 Å². The van der Waals surface area contributed by atoms with Gasteiger partial charge in [-0.25, -0.2) is 14.3 Å². The predicted molar refractivity (Wildman–Crippen MR) is 124 cm³/mol. The highest BCUT2D eigenvalue weighted by Gasteiger charge is 2.24. The molecule has 0 spiro atoms. The van der Waals surface area contributed by atoms with E-state index in [0.29, 0.717) is 43.0 Å². The number of benzene rings is 1. The molecule has 0 unspecified atom stereocenters. The van der Waals surface area contributed by atoms with Crippen molar-refractivity contribution in [2.45, 2.75) is 0 Å². The van der Waals surface area contributed by atoms with Crippen LogP contribution in [0.25, 0.3) is 16.9 Å². The predicted octanol–water partition coefficient (Wildman–Crippen LogP) is 2.63. The smallest absolute Gasteiger partial charge is 0.407 e. The van der Waals surface area contributed by atoms with Crippen molar-refractivity contribution in [2.24, 2.45) is 0 Å². The molecule has 4 heterocycles. The van der Waals surface area contributed by atoms with Gasteiger partial charge in [-0.15, -0.1) is 0 Å². The average Bonchev–Trinajstić information content (AvgIpc) is 3.30. The average molecular weight is 452 g/mol. The Bertz CT molecular complexity index is 1410. The zero-order chi connectivity index (χ0) is 23.5. The Hall–Kier alpha value is -4.71. The summed E-state index contributed by atoms with van der Waals surface area (Å²) in [5, 5.41) is 13.4. The Labute approximate surface area is 195 Å². The molecule has 1 N–H and O–H groups in total. The minimum absolute atomic E-state index is 0.107. The quantitative estimate of drug-likeness (QED) is 0.469. The molecule has 0 saturated carbocycles. The molecule has 0 aliphatic carbocycles. The zero-order valence-corrected chi connectivity index (χ0v) is 18.1. The second-order valence-electron chi connectivity index (χ2n) is 7.76. The lowest BCUT2D eigenvalue weighted by atomic mass is 10.1. The molecule has 9 nitrogen and oxygen atoms in total. The van der Waals surface area contributed by atoms with Crippen molar-refractivity contribution in [2.75, 3.05) is 26.2 Å². The number of hydrogen-bond acceptors (Lipinski definition) is 5. The second-order valence-corrected chi connectivity index (χ2v) is 7.76. The van der Waals surface area contributed by atoms with Gasteiger partial charge in [0.05, 0.1) is 17.5 Å². The highest BCUT2D eigenvalue weighted by molar-refractivity contribution is 5.94. The van der Waals surface area contributed by atoms with E-state index in [0.717, 1.165) is 16.8 Å². The highest BCUT2D eigenvalue weighted by atomic mass is 16.4. The van der Waals surface area contributed by atoms with Crippen LogP contribution in [0.1, 0.15) is 21.5 Å². The third-order valence-electron chi connectivity index (χ3n) is 5.66. The van der Waals surface area contributed by atoms with E-state index in [2.05, 4.69) is 21.9 Å². The van der Waals surface area contributed by atoms with Crippen molar-refractivity contribution in [1.82, 2.24) is 29.4 Å². The second kappa shape index (κ2) is 9.03. The van der Waals surface area contributed by atoms with Gasteiger partial charge in [-0.3, -0.25) is 9.78 Å². The number of aromatic nitrogens is 4. The first kappa shape index (κ1) is 21.2. The van der Waals surface area contributed by atoms with Crippen molar-refractivity contribution in [3.8, 4) is 23.1 Å². The van der Waals surface area contributed by atoms with Gasteiger partial charge in [-0.2, -0.15) is 5.10 Å². The molecule has 168 valence electrons. The lowest BCUT2D eigenvalue weighted by molar-refractivity contribution is 0.0625. The summed E-state index contributed by atoms with van der Waals surface area (Å²) in [5.41, 5.74) is 4.39. The van der Waals surface area contributed by atoms with Crippen LogP contribution in [-0.4, -0.2) is 72.7 Å². The molecule has 0 atom stereocenters. The Kier molecular flexibility index (Phi) is 5.62. The van der Waals surface area contributed by atoms with E-state index in [-0.39, 0.29) is 5.91 Å². The van der Waals surface area contributed by atoms with E-state index in [1.54, 1.807) is 40.1 Å². The lowest BCUT2D eigenvalue weighted by Gasteiger charge is -2.33. The molecule has 1 saturated heterocycles. The van der Waals surface area contributed by atoms with Crippen LogP contribution in [0.4, 0.5) is 4.79 Å². The number of carbonyl (C=O) groups excluding carboxylic acids is 1. The highest BCUT2D eigenvalue weighted by Crippen LogP contribution is 2.20. The number of piperazine rings is 1. The fourth-order valence-electron chi connectivity index (χ4n) is 3.76.